The monoisotopic (exact) mass is 258 g/mol. The zero-order chi connectivity index (χ0) is 11.9. The molecule has 2 aromatic rings. The normalized spacial score (nSPS) is 12.3. The lowest BCUT2D eigenvalue weighted by atomic mass is 10.1. The van der Waals surface area contributed by atoms with Crippen LogP contribution in [0.1, 0.15) is 19.7 Å². The topological polar surface area (TPSA) is 37.9 Å². The Morgan fingerprint density at radius 3 is 2.50 bits per heavy atom. The van der Waals surface area contributed by atoms with Crippen molar-refractivity contribution in [1.29, 1.82) is 0 Å². The second kappa shape index (κ2) is 3.91. The van der Waals surface area contributed by atoms with Crippen LogP contribution in [0.15, 0.2) is 12.1 Å². The Morgan fingerprint density at radius 2 is 1.88 bits per heavy atom. The van der Waals surface area contributed by atoms with Crippen LogP contribution in [0.25, 0.3) is 11.0 Å². The number of imidazole rings is 1. The molecule has 16 heavy (non-hydrogen) atoms. The summed E-state index contributed by atoms with van der Waals surface area (Å²) in [5, 5.41) is 1.02. The number of rotatable bonds is 2. The van der Waals surface area contributed by atoms with Crippen LogP contribution in [0.3, 0.4) is 0 Å². The second-order valence-electron chi connectivity index (χ2n) is 4.08. The van der Waals surface area contributed by atoms with Gasteiger partial charge in [0.1, 0.15) is 11.4 Å². The average molecular weight is 259 g/mol. The van der Waals surface area contributed by atoms with Gasteiger partial charge in [-0.15, -0.1) is 0 Å². The highest BCUT2D eigenvalue weighted by molar-refractivity contribution is 6.42. The summed E-state index contributed by atoms with van der Waals surface area (Å²) in [5.74, 6) is 0.753. The zero-order valence-electron chi connectivity index (χ0n) is 9.27. The van der Waals surface area contributed by atoms with Crippen LogP contribution in [0.2, 0.25) is 10.0 Å². The minimum atomic E-state index is -0.460. The quantitative estimate of drug-likeness (QED) is 0.891. The lowest BCUT2D eigenvalue weighted by Crippen LogP contribution is -2.21. The standard InChI is InChI=1S/C11H12Cl2N2O/c1-11(2,16-3)10-14-8-4-6(12)7(13)5-9(8)15-10/h4-5H,1-3H3,(H,14,15). The summed E-state index contributed by atoms with van der Waals surface area (Å²) in [7, 11) is 1.65. The smallest absolute Gasteiger partial charge is 0.139 e. The summed E-state index contributed by atoms with van der Waals surface area (Å²) < 4.78 is 5.35. The molecule has 0 aliphatic rings. The van der Waals surface area contributed by atoms with Crippen molar-refractivity contribution in [2.24, 2.45) is 0 Å². The highest BCUT2D eigenvalue weighted by atomic mass is 35.5. The highest BCUT2D eigenvalue weighted by Gasteiger charge is 2.23. The fourth-order valence-corrected chi connectivity index (χ4v) is 1.71. The van der Waals surface area contributed by atoms with Gasteiger partial charge in [-0.25, -0.2) is 4.98 Å². The van der Waals surface area contributed by atoms with Gasteiger partial charge < -0.3 is 9.72 Å². The molecule has 0 saturated carbocycles. The Hall–Kier alpha value is -0.770. The summed E-state index contributed by atoms with van der Waals surface area (Å²) >= 11 is 11.9. The van der Waals surface area contributed by atoms with E-state index in [0.717, 1.165) is 16.9 Å². The van der Waals surface area contributed by atoms with Crippen LogP contribution in [-0.4, -0.2) is 17.1 Å². The first-order chi connectivity index (χ1) is 7.44. The van der Waals surface area contributed by atoms with Crippen LogP contribution < -0.4 is 0 Å². The first-order valence-corrected chi connectivity index (χ1v) is 5.60. The molecular formula is C11H12Cl2N2O. The fourth-order valence-electron chi connectivity index (χ4n) is 1.39. The molecule has 0 atom stereocenters. The third-order valence-corrected chi connectivity index (χ3v) is 3.33. The van der Waals surface area contributed by atoms with E-state index in [1.165, 1.54) is 0 Å². The first kappa shape index (κ1) is 11.7. The van der Waals surface area contributed by atoms with E-state index in [2.05, 4.69) is 9.97 Å². The molecule has 1 aromatic heterocycles. The molecule has 3 nitrogen and oxygen atoms in total. The van der Waals surface area contributed by atoms with E-state index in [-0.39, 0.29) is 0 Å². The van der Waals surface area contributed by atoms with Crippen molar-refractivity contribution in [3.63, 3.8) is 0 Å². The Kier molecular flexibility index (Phi) is 2.86. The van der Waals surface area contributed by atoms with Gasteiger partial charge in [0.15, 0.2) is 0 Å². The van der Waals surface area contributed by atoms with E-state index >= 15 is 0 Å². The number of hydrogen-bond donors (Lipinski definition) is 1. The predicted octanol–water partition coefficient (Wildman–Crippen LogP) is 3.75. The molecule has 1 aromatic carbocycles. The Labute approximate surface area is 104 Å². The van der Waals surface area contributed by atoms with Gasteiger partial charge in [0.2, 0.25) is 0 Å². The van der Waals surface area contributed by atoms with Crippen LogP contribution in [0.5, 0.6) is 0 Å². The number of aromatic nitrogens is 2. The Bertz CT molecular complexity index is 495. The number of fused-ring (bicyclic) bond motifs is 1. The van der Waals surface area contributed by atoms with Crippen molar-refractivity contribution in [2.75, 3.05) is 7.11 Å². The van der Waals surface area contributed by atoms with Gasteiger partial charge >= 0.3 is 0 Å². The van der Waals surface area contributed by atoms with Gasteiger partial charge in [0.05, 0.1) is 21.1 Å². The van der Waals surface area contributed by atoms with Crippen molar-refractivity contribution >= 4 is 34.2 Å². The van der Waals surface area contributed by atoms with Crippen LogP contribution >= 0.6 is 23.2 Å². The van der Waals surface area contributed by atoms with Crippen molar-refractivity contribution in [3.8, 4) is 0 Å². The van der Waals surface area contributed by atoms with Gasteiger partial charge in [0.25, 0.3) is 0 Å². The van der Waals surface area contributed by atoms with Crippen molar-refractivity contribution < 1.29 is 4.74 Å². The number of ether oxygens (including phenoxy) is 1. The van der Waals surface area contributed by atoms with E-state index in [0.29, 0.717) is 10.0 Å². The number of methoxy groups -OCH3 is 1. The molecule has 0 unspecified atom stereocenters. The number of halogens is 2. The lowest BCUT2D eigenvalue weighted by Gasteiger charge is -2.19. The summed E-state index contributed by atoms with van der Waals surface area (Å²) in [6.45, 7) is 3.88. The molecular weight excluding hydrogens is 247 g/mol. The largest absolute Gasteiger partial charge is 0.371 e. The molecule has 0 saturated heterocycles. The molecule has 0 amide bonds. The first-order valence-electron chi connectivity index (χ1n) is 4.84. The Balaban J connectivity index is 2.61. The van der Waals surface area contributed by atoms with E-state index in [1.807, 2.05) is 13.8 Å². The number of hydrogen-bond acceptors (Lipinski definition) is 2. The number of nitrogens with zero attached hydrogens (tertiary/aromatic N) is 1. The molecule has 0 radical (unpaired) electrons. The summed E-state index contributed by atoms with van der Waals surface area (Å²) in [6, 6.07) is 3.51. The van der Waals surface area contributed by atoms with Gasteiger partial charge in [-0.3, -0.25) is 0 Å². The Morgan fingerprint density at radius 1 is 1.25 bits per heavy atom. The minimum Gasteiger partial charge on any atom is -0.371 e. The number of benzene rings is 1. The van der Waals surface area contributed by atoms with Crippen LogP contribution in [-0.2, 0) is 10.3 Å². The molecule has 2 rings (SSSR count). The van der Waals surface area contributed by atoms with Crippen molar-refractivity contribution in [3.05, 3.63) is 28.0 Å². The van der Waals surface area contributed by atoms with Gasteiger partial charge in [-0.1, -0.05) is 23.2 Å². The third-order valence-electron chi connectivity index (χ3n) is 2.60. The van der Waals surface area contributed by atoms with Gasteiger partial charge in [0, 0.05) is 7.11 Å². The maximum atomic E-state index is 5.93. The maximum Gasteiger partial charge on any atom is 0.139 e. The molecule has 0 aliphatic heterocycles. The maximum absolute atomic E-state index is 5.93. The molecule has 5 heteroatoms. The molecule has 1 heterocycles. The zero-order valence-corrected chi connectivity index (χ0v) is 10.8. The van der Waals surface area contributed by atoms with E-state index in [9.17, 15) is 0 Å². The number of nitrogens with one attached hydrogen (secondary N) is 1. The number of H-pyrrole nitrogens is 1. The molecule has 1 N–H and O–H groups in total. The molecule has 0 bridgehead atoms. The molecule has 0 fully saturated rings. The van der Waals surface area contributed by atoms with Crippen LogP contribution in [0, 0.1) is 0 Å². The second-order valence-corrected chi connectivity index (χ2v) is 4.90. The SMILES string of the molecule is COC(C)(C)c1nc2cc(Cl)c(Cl)cc2[nH]1. The summed E-state index contributed by atoms with van der Waals surface area (Å²) in [4.78, 5) is 7.61. The molecule has 86 valence electrons. The van der Waals surface area contributed by atoms with Crippen molar-refractivity contribution in [1.82, 2.24) is 9.97 Å². The van der Waals surface area contributed by atoms with Crippen molar-refractivity contribution in [2.45, 2.75) is 19.4 Å². The summed E-state index contributed by atoms with van der Waals surface area (Å²) in [5.41, 5.74) is 1.18. The minimum absolute atomic E-state index is 0.460. The predicted molar refractivity (Wildman–Crippen MR) is 66.1 cm³/mol. The van der Waals surface area contributed by atoms with Gasteiger partial charge in [-0.05, 0) is 26.0 Å². The summed E-state index contributed by atoms with van der Waals surface area (Å²) in [6.07, 6.45) is 0. The molecule has 0 spiro atoms. The van der Waals surface area contributed by atoms with E-state index in [1.54, 1.807) is 19.2 Å². The highest BCUT2D eigenvalue weighted by Crippen LogP contribution is 2.29. The fraction of sp³-hybridized carbons (Fsp3) is 0.364. The van der Waals surface area contributed by atoms with Crippen LogP contribution in [0.4, 0.5) is 0 Å². The molecule has 0 aliphatic carbocycles. The number of aromatic amines is 1. The average Bonchev–Trinajstić information content (AvgIpc) is 2.62. The van der Waals surface area contributed by atoms with E-state index in [4.69, 9.17) is 27.9 Å². The lowest BCUT2D eigenvalue weighted by molar-refractivity contribution is 0.0124. The third kappa shape index (κ3) is 1.90. The van der Waals surface area contributed by atoms with E-state index < -0.39 is 5.60 Å². The van der Waals surface area contributed by atoms with Gasteiger partial charge in [-0.2, -0.15) is 0 Å².